The van der Waals surface area contributed by atoms with Gasteiger partial charge < -0.3 is 18.9 Å². The number of hydrogen-bond acceptors (Lipinski definition) is 8. The number of carbonyl (C=O) groups excluding carboxylic acids is 1. The van der Waals surface area contributed by atoms with Crippen molar-refractivity contribution in [2.75, 3.05) is 27.9 Å². The van der Waals surface area contributed by atoms with Crippen LogP contribution in [0.25, 0.3) is 16.8 Å². The Labute approximate surface area is 229 Å². The number of rotatable bonds is 7. The van der Waals surface area contributed by atoms with Crippen LogP contribution in [0.15, 0.2) is 75.7 Å². The molecule has 3 aromatic carbocycles. The fourth-order valence-corrected chi connectivity index (χ4v) is 5.93. The predicted octanol–water partition coefficient (Wildman–Crippen LogP) is 3.98. The number of nitrogens with zero attached hydrogens (tertiary/aromatic N) is 2. The number of carbonyl (C=O) groups is 1. The van der Waals surface area contributed by atoms with Gasteiger partial charge in [-0.25, -0.2) is 9.79 Å². The van der Waals surface area contributed by atoms with Crippen LogP contribution in [0.2, 0.25) is 0 Å². The largest absolute Gasteiger partial charge is 0.497 e. The molecule has 2 heterocycles. The average molecular weight is 545 g/mol. The molecular weight excluding hydrogens is 516 g/mol. The highest BCUT2D eigenvalue weighted by molar-refractivity contribution is 7.07. The maximum Gasteiger partial charge on any atom is 0.338 e. The van der Waals surface area contributed by atoms with Crippen molar-refractivity contribution in [3.8, 4) is 17.2 Å². The Morgan fingerprint density at radius 3 is 2.41 bits per heavy atom. The molecule has 200 valence electrons. The van der Waals surface area contributed by atoms with E-state index in [0.717, 1.165) is 16.3 Å². The topological polar surface area (TPSA) is 88.4 Å². The summed E-state index contributed by atoms with van der Waals surface area (Å²) in [5.41, 5.74) is 2.02. The van der Waals surface area contributed by atoms with E-state index in [9.17, 15) is 9.59 Å². The number of methoxy groups -OCH3 is 3. The molecule has 9 heteroatoms. The molecule has 4 aromatic rings. The zero-order valence-electron chi connectivity index (χ0n) is 22.3. The van der Waals surface area contributed by atoms with Gasteiger partial charge in [-0.05, 0) is 55.1 Å². The summed E-state index contributed by atoms with van der Waals surface area (Å²) in [5, 5.41) is 1.74. The lowest BCUT2D eigenvalue weighted by Gasteiger charge is -2.26. The lowest BCUT2D eigenvalue weighted by Crippen LogP contribution is -2.40. The Hall–Kier alpha value is -4.37. The summed E-state index contributed by atoms with van der Waals surface area (Å²) in [4.78, 5) is 32.5. The highest BCUT2D eigenvalue weighted by Gasteiger charge is 2.34. The molecule has 1 unspecified atom stereocenters. The van der Waals surface area contributed by atoms with Crippen molar-refractivity contribution < 1.29 is 23.7 Å². The quantitative estimate of drug-likeness (QED) is 0.327. The van der Waals surface area contributed by atoms with Gasteiger partial charge in [-0.3, -0.25) is 9.36 Å². The van der Waals surface area contributed by atoms with E-state index in [1.165, 1.54) is 11.3 Å². The minimum absolute atomic E-state index is 0.200. The van der Waals surface area contributed by atoms with Crippen LogP contribution in [0.1, 0.15) is 31.0 Å². The molecule has 0 amide bonds. The van der Waals surface area contributed by atoms with E-state index in [0.29, 0.717) is 43.4 Å². The van der Waals surface area contributed by atoms with Gasteiger partial charge in [0.15, 0.2) is 4.80 Å². The third kappa shape index (κ3) is 4.59. The molecule has 39 heavy (non-hydrogen) atoms. The zero-order chi connectivity index (χ0) is 27.7. The molecule has 8 nitrogen and oxygen atoms in total. The molecular formula is C30H28N2O6S. The summed E-state index contributed by atoms with van der Waals surface area (Å²) in [6.45, 7) is 3.72. The van der Waals surface area contributed by atoms with Crippen molar-refractivity contribution in [1.29, 1.82) is 0 Å². The van der Waals surface area contributed by atoms with Gasteiger partial charge in [0, 0.05) is 10.9 Å². The number of aromatic nitrogens is 1. The molecule has 5 rings (SSSR count). The molecule has 0 fully saturated rings. The Morgan fingerprint density at radius 2 is 1.72 bits per heavy atom. The molecule has 0 N–H and O–H groups in total. The number of benzene rings is 3. The molecule has 1 aliphatic heterocycles. The highest BCUT2D eigenvalue weighted by Crippen LogP contribution is 2.38. The number of fused-ring (bicyclic) bond motifs is 2. The molecule has 0 aliphatic carbocycles. The van der Waals surface area contributed by atoms with E-state index in [1.54, 1.807) is 64.0 Å². The monoisotopic (exact) mass is 544 g/mol. The van der Waals surface area contributed by atoms with Crippen molar-refractivity contribution >= 4 is 34.2 Å². The van der Waals surface area contributed by atoms with Crippen LogP contribution < -0.4 is 29.1 Å². The highest BCUT2D eigenvalue weighted by atomic mass is 32.1. The first-order valence-electron chi connectivity index (χ1n) is 12.4. The Morgan fingerprint density at radius 1 is 1.00 bits per heavy atom. The van der Waals surface area contributed by atoms with Gasteiger partial charge in [0.1, 0.15) is 17.2 Å². The summed E-state index contributed by atoms with van der Waals surface area (Å²) >= 11 is 1.25. The number of hydrogen-bond donors (Lipinski definition) is 0. The van der Waals surface area contributed by atoms with Crippen molar-refractivity contribution in [1.82, 2.24) is 4.57 Å². The first kappa shape index (κ1) is 26.2. The summed E-state index contributed by atoms with van der Waals surface area (Å²) in [6, 6.07) is 16.2. The van der Waals surface area contributed by atoms with Gasteiger partial charge >= 0.3 is 5.97 Å². The Bertz CT molecular complexity index is 1800. The zero-order valence-corrected chi connectivity index (χ0v) is 23.1. The van der Waals surface area contributed by atoms with Gasteiger partial charge in [0.25, 0.3) is 5.56 Å². The van der Waals surface area contributed by atoms with Crippen LogP contribution >= 0.6 is 11.3 Å². The van der Waals surface area contributed by atoms with Crippen molar-refractivity contribution in [2.24, 2.45) is 4.99 Å². The number of allylic oxidation sites excluding steroid dienone is 1. The van der Waals surface area contributed by atoms with E-state index in [-0.39, 0.29) is 12.2 Å². The first-order chi connectivity index (χ1) is 18.9. The lowest BCUT2D eigenvalue weighted by molar-refractivity contribution is -0.139. The average Bonchev–Trinajstić information content (AvgIpc) is 3.25. The lowest BCUT2D eigenvalue weighted by atomic mass is 9.91. The molecule has 1 atom stereocenters. The van der Waals surface area contributed by atoms with E-state index in [4.69, 9.17) is 18.9 Å². The normalized spacial score (nSPS) is 15.1. The maximum atomic E-state index is 14.1. The smallest absolute Gasteiger partial charge is 0.338 e. The van der Waals surface area contributed by atoms with Crippen LogP contribution in [0.4, 0.5) is 0 Å². The minimum atomic E-state index is -0.745. The number of thiazole rings is 1. The van der Waals surface area contributed by atoms with E-state index in [1.807, 2.05) is 36.4 Å². The Balaban J connectivity index is 1.81. The van der Waals surface area contributed by atoms with Gasteiger partial charge in [0.05, 0.1) is 49.8 Å². The minimum Gasteiger partial charge on any atom is -0.497 e. The molecule has 0 saturated heterocycles. The molecule has 0 spiro atoms. The summed E-state index contributed by atoms with van der Waals surface area (Å²) in [5.74, 6) is 1.43. The molecule has 1 aliphatic rings. The van der Waals surface area contributed by atoms with Crippen LogP contribution in [0.5, 0.6) is 17.2 Å². The third-order valence-electron chi connectivity index (χ3n) is 6.67. The van der Waals surface area contributed by atoms with Gasteiger partial charge in [0.2, 0.25) is 0 Å². The molecule has 0 saturated carbocycles. The van der Waals surface area contributed by atoms with Crippen LogP contribution in [-0.4, -0.2) is 38.5 Å². The van der Waals surface area contributed by atoms with Crippen molar-refractivity contribution in [3.63, 3.8) is 0 Å². The second-order valence-corrected chi connectivity index (χ2v) is 9.82. The first-order valence-corrected chi connectivity index (χ1v) is 13.2. The predicted molar refractivity (Wildman–Crippen MR) is 150 cm³/mol. The Kier molecular flexibility index (Phi) is 7.26. The summed E-state index contributed by atoms with van der Waals surface area (Å²) in [6.07, 6.45) is 1.76. The van der Waals surface area contributed by atoms with Gasteiger partial charge in [-0.1, -0.05) is 41.7 Å². The van der Waals surface area contributed by atoms with Crippen molar-refractivity contribution in [3.05, 3.63) is 96.7 Å². The van der Waals surface area contributed by atoms with E-state index >= 15 is 0 Å². The second-order valence-electron chi connectivity index (χ2n) is 8.81. The summed E-state index contributed by atoms with van der Waals surface area (Å²) in [7, 11) is 4.77. The fourth-order valence-electron chi connectivity index (χ4n) is 4.89. The van der Waals surface area contributed by atoms with Crippen LogP contribution in [-0.2, 0) is 9.53 Å². The van der Waals surface area contributed by atoms with Crippen LogP contribution in [0, 0.1) is 0 Å². The summed E-state index contributed by atoms with van der Waals surface area (Å²) < 4.78 is 23.9. The number of esters is 1. The molecule has 0 bridgehead atoms. The van der Waals surface area contributed by atoms with Crippen LogP contribution in [0.3, 0.4) is 0 Å². The number of ether oxygens (including phenoxy) is 4. The van der Waals surface area contributed by atoms with E-state index in [2.05, 4.69) is 4.99 Å². The standard InChI is InChI=1S/C30H28N2O6S/c1-6-38-29(34)26-17(2)31-30-32(27(26)22-12-14-24(37-5)21-10-8-7-9-20(21)22)28(33)25(39-30)16-18-15-19(35-3)11-13-23(18)36-4/h7-16,27H,6H2,1-5H3/b25-16-. The van der Waals surface area contributed by atoms with E-state index < -0.39 is 12.0 Å². The second kappa shape index (κ2) is 10.8. The maximum absolute atomic E-state index is 14.1. The van der Waals surface area contributed by atoms with Gasteiger partial charge in [-0.2, -0.15) is 0 Å². The fraction of sp³-hybridized carbons (Fsp3) is 0.233. The third-order valence-corrected chi connectivity index (χ3v) is 7.66. The molecule has 0 radical (unpaired) electrons. The molecule has 1 aromatic heterocycles. The van der Waals surface area contributed by atoms with Crippen molar-refractivity contribution in [2.45, 2.75) is 19.9 Å². The SMILES string of the molecule is CCOC(=O)C1=C(C)N=c2s/c(=C\c3cc(OC)ccc3OC)c(=O)n2C1c1ccc(OC)c2ccccc12. The van der Waals surface area contributed by atoms with Gasteiger partial charge in [-0.15, -0.1) is 0 Å².